The molecule has 4 aliphatic rings. The normalized spacial score (nSPS) is 45.1. The number of halogens is 1. The number of benzene rings is 1. The summed E-state index contributed by atoms with van der Waals surface area (Å²) in [6.07, 6.45) is 10.3. The van der Waals surface area contributed by atoms with E-state index in [9.17, 15) is 9.90 Å². The second-order valence-electron chi connectivity index (χ2n) is 10.9. The first-order chi connectivity index (χ1) is 14.2. The van der Waals surface area contributed by atoms with Gasteiger partial charge in [-0.3, -0.25) is 4.79 Å². The number of fused-ring (bicyclic) bond motifs is 5. The zero-order valence-corrected chi connectivity index (χ0v) is 19.1. The molecule has 162 valence electrons. The number of likely N-dealkylation sites (N-methyl/N-ethyl adjacent to an activating group) is 1. The van der Waals surface area contributed by atoms with Gasteiger partial charge in [0, 0.05) is 23.5 Å². The van der Waals surface area contributed by atoms with Gasteiger partial charge in [0.25, 0.3) is 0 Å². The fourth-order valence-corrected chi connectivity index (χ4v) is 8.27. The highest BCUT2D eigenvalue weighted by Gasteiger charge is 2.62. The summed E-state index contributed by atoms with van der Waals surface area (Å²) in [5, 5.41) is 12.2. The van der Waals surface area contributed by atoms with Crippen molar-refractivity contribution in [2.45, 2.75) is 64.5 Å². The van der Waals surface area contributed by atoms with Crippen LogP contribution in [0.5, 0.6) is 0 Å². The van der Waals surface area contributed by atoms with Crippen molar-refractivity contribution in [3.8, 4) is 0 Å². The maximum absolute atomic E-state index is 12.3. The van der Waals surface area contributed by atoms with Gasteiger partial charge in [0.05, 0.1) is 6.10 Å². The number of carbonyl (C=O) groups excluding carboxylic acids is 1. The number of hydrogen-bond donors (Lipinski definition) is 1. The standard InChI is InChI=1S/C26H34ClNO2/c1-25-12-10-23(29)28(3)22(25)8-7-19-20(25)9-11-26(2)21(19)15-17(24(26)30)13-16-5-4-6-18(27)14-16/h4-6,10,12,14,17,19-22,24,30H,7-9,11,13,15H2,1-3H3/t17-,19-,20+,21+,22-,24+,25-,26+/m1/s1. The number of amides is 1. The second-order valence-corrected chi connectivity index (χ2v) is 11.4. The molecule has 0 bridgehead atoms. The zero-order chi connectivity index (χ0) is 21.3. The van der Waals surface area contributed by atoms with Crippen molar-refractivity contribution in [3.63, 3.8) is 0 Å². The average Bonchev–Trinajstić information content (AvgIpc) is 2.96. The van der Waals surface area contributed by atoms with Crippen LogP contribution in [-0.2, 0) is 11.2 Å². The van der Waals surface area contributed by atoms with Crippen LogP contribution in [-0.4, -0.2) is 35.1 Å². The molecule has 1 N–H and O–H groups in total. The number of aliphatic hydroxyl groups is 1. The molecule has 0 spiro atoms. The molecule has 1 aromatic carbocycles. The highest BCUT2D eigenvalue weighted by Crippen LogP contribution is 2.65. The van der Waals surface area contributed by atoms with Gasteiger partial charge in [0.1, 0.15) is 0 Å². The molecule has 1 aliphatic heterocycles. The molecular formula is C26H34ClNO2. The molecule has 3 nitrogen and oxygen atoms in total. The molecular weight excluding hydrogens is 394 g/mol. The van der Waals surface area contributed by atoms with Crippen molar-refractivity contribution in [1.82, 2.24) is 4.90 Å². The van der Waals surface area contributed by atoms with E-state index >= 15 is 0 Å². The highest BCUT2D eigenvalue weighted by atomic mass is 35.5. The van der Waals surface area contributed by atoms with E-state index in [2.05, 4.69) is 26.0 Å². The van der Waals surface area contributed by atoms with Crippen molar-refractivity contribution in [1.29, 1.82) is 0 Å². The van der Waals surface area contributed by atoms with Crippen LogP contribution in [0.25, 0.3) is 0 Å². The predicted octanol–water partition coefficient (Wildman–Crippen LogP) is 5.11. The van der Waals surface area contributed by atoms with Gasteiger partial charge >= 0.3 is 0 Å². The van der Waals surface area contributed by atoms with Gasteiger partial charge in [0.2, 0.25) is 5.91 Å². The molecule has 3 aliphatic carbocycles. The van der Waals surface area contributed by atoms with Gasteiger partial charge in [-0.15, -0.1) is 0 Å². The third kappa shape index (κ3) is 2.92. The Labute approximate surface area is 185 Å². The smallest absolute Gasteiger partial charge is 0.246 e. The third-order valence-electron chi connectivity index (χ3n) is 9.63. The number of nitrogens with zero attached hydrogens (tertiary/aromatic N) is 1. The minimum Gasteiger partial charge on any atom is -0.392 e. The number of carbonyl (C=O) groups is 1. The van der Waals surface area contributed by atoms with E-state index in [-0.39, 0.29) is 22.8 Å². The molecule has 0 unspecified atom stereocenters. The molecule has 8 atom stereocenters. The lowest BCUT2D eigenvalue weighted by atomic mass is 9.48. The first-order valence-electron chi connectivity index (χ1n) is 11.6. The Morgan fingerprint density at radius 1 is 1.20 bits per heavy atom. The van der Waals surface area contributed by atoms with E-state index in [0.29, 0.717) is 29.7 Å². The molecule has 3 fully saturated rings. The Balaban J connectivity index is 1.42. The topological polar surface area (TPSA) is 40.5 Å². The first kappa shape index (κ1) is 20.6. The molecule has 30 heavy (non-hydrogen) atoms. The Kier molecular flexibility index (Phi) is 4.87. The molecule has 3 saturated carbocycles. The van der Waals surface area contributed by atoms with E-state index in [1.165, 1.54) is 12.0 Å². The second kappa shape index (κ2) is 7.10. The van der Waals surface area contributed by atoms with E-state index in [0.717, 1.165) is 37.1 Å². The van der Waals surface area contributed by atoms with Crippen LogP contribution in [0.4, 0.5) is 0 Å². The Morgan fingerprint density at radius 3 is 2.77 bits per heavy atom. The van der Waals surface area contributed by atoms with Crippen molar-refractivity contribution in [2.24, 2.45) is 34.5 Å². The summed E-state index contributed by atoms with van der Waals surface area (Å²) < 4.78 is 0. The Hall–Kier alpha value is -1.32. The molecule has 0 radical (unpaired) electrons. The lowest BCUT2D eigenvalue weighted by molar-refractivity contribution is -0.140. The van der Waals surface area contributed by atoms with Gasteiger partial charge < -0.3 is 10.0 Å². The fourth-order valence-electron chi connectivity index (χ4n) is 8.05. The van der Waals surface area contributed by atoms with E-state index in [1.807, 2.05) is 30.1 Å². The Morgan fingerprint density at radius 2 is 2.00 bits per heavy atom. The maximum Gasteiger partial charge on any atom is 0.246 e. The first-order valence-corrected chi connectivity index (χ1v) is 12.0. The highest BCUT2D eigenvalue weighted by molar-refractivity contribution is 6.30. The van der Waals surface area contributed by atoms with Crippen molar-refractivity contribution in [2.75, 3.05) is 7.05 Å². The summed E-state index contributed by atoms with van der Waals surface area (Å²) in [6, 6.07) is 8.43. The molecule has 5 rings (SSSR count). The summed E-state index contributed by atoms with van der Waals surface area (Å²) in [5.41, 5.74) is 1.30. The summed E-state index contributed by atoms with van der Waals surface area (Å²) in [7, 11) is 1.97. The van der Waals surface area contributed by atoms with Gasteiger partial charge in [-0.25, -0.2) is 0 Å². The molecule has 4 heteroatoms. The molecule has 1 amide bonds. The summed E-state index contributed by atoms with van der Waals surface area (Å²) in [5.74, 6) is 2.24. The number of aliphatic hydroxyl groups excluding tert-OH is 1. The van der Waals surface area contributed by atoms with E-state index in [4.69, 9.17) is 11.6 Å². The van der Waals surface area contributed by atoms with Crippen molar-refractivity contribution < 1.29 is 9.90 Å². The van der Waals surface area contributed by atoms with Gasteiger partial charge in [0.15, 0.2) is 0 Å². The molecule has 1 aromatic rings. The van der Waals surface area contributed by atoms with Crippen LogP contribution in [0.1, 0.15) is 51.5 Å². The number of hydrogen-bond acceptors (Lipinski definition) is 2. The summed E-state index contributed by atoms with van der Waals surface area (Å²) in [4.78, 5) is 14.2. The van der Waals surface area contributed by atoms with Crippen LogP contribution in [0.15, 0.2) is 36.4 Å². The van der Waals surface area contributed by atoms with Crippen LogP contribution in [0.3, 0.4) is 0 Å². The van der Waals surface area contributed by atoms with Crippen molar-refractivity contribution in [3.05, 3.63) is 47.0 Å². The van der Waals surface area contributed by atoms with Gasteiger partial charge in [-0.05, 0) is 91.4 Å². The largest absolute Gasteiger partial charge is 0.392 e. The fraction of sp³-hybridized carbons (Fsp3) is 0.654. The average molecular weight is 428 g/mol. The van der Waals surface area contributed by atoms with Crippen LogP contribution in [0, 0.1) is 34.5 Å². The van der Waals surface area contributed by atoms with Crippen molar-refractivity contribution >= 4 is 17.5 Å². The Bertz CT molecular complexity index is 884. The SMILES string of the molecule is CN1C(=O)C=C[C@]2(C)[C@H]3CC[C@]4(C)[C@@H](O)[C@H](Cc5cccc(Cl)c5)C[C@H]4[C@@H]3CC[C@@H]12. The van der Waals surface area contributed by atoms with Gasteiger partial charge in [-0.2, -0.15) is 0 Å². The van der Waals surface area contributed by atoms with Crippen LogP contribution < -0.4 is 0 Å². The van der Waals surface area contributed by atoms with E-state index in [1.54, 1.807) is 6.08 Å². The van der Waals surface area contributed by atoms with Crippen LogP contribution in [0.2, 0.25) is 5.02 Å². The monoisotopic (exact) mass is 427 g/mol. The van der Waals surface area contributed by atoms with Gasteiger partial charge in [-0.1, -0.05) is 43.7 Å². The predicted molar refractivity (Wildman–Crippen MR) is 120 cm³/mol. The molecule has 0 saturated heterocycles. The summed E-state index contributed by atoms with van der Waals surface area (Å²) >= 11 is 6.21. The molecule has 1 heterocycles. The minimum absolute atomic E-state index is 0.00765. The number of rotatable bonds is 2. The third-order valence-corrected chi connectivity index (χ3v) is 9.87. The lowest BCUT2D eigenvalue weighted by Gasteiger charge is -2.60. The summed E-state index contributed by atoms with van der Waals surface area (Å²) in [6.45, 7) is 4.72. The maximum atomic E-state index is 12.3. The zero-order valence-electron chi connectivity index (χ0n) is 18.4. The van der Waals surface area contributed by atoms with Crippen LogP contribution >= 0.6 is 11.6 Å². The minimum atomic E-state index is -0.251. The molecule has 0 aromatic heterocycles. The quantitative estimate of drug-likeness (QED) is 0.712. The van der Waals surface area contributed by atoms with E-state index < -0.39 is 0 Å². The lowest BCUT2D eigenvalue weighted by Crippen LogP contribution is -2.59.